The van der Waals surface area contributed by atoms with Gasteiger partial charge in [-0.15, -0.1) is 0 Å². The molecule has 0 atom stereocenters. The van der Waals surface area contributed by atoms with E-state index in [2.05, 4.69) is 10.6 Å². The van der Waals surface area contributed by atoms with Crippen LogP contribution in [0.5, 0.6) is 11.5 Å². The molecule has 162 valence electrons. The number of amides is 2. The third kappa shape index (κ3) is 6.60. The van der Waals surface area contributed by atoms with Crippen molar-refractivity contribution in [3.8, 4) is 11.5 Å². The molecule has 8 nitrogen and oxygen atoms in total. The Labute approximate surface area is 179 Å². The van der Waals surface area contributed by atoms with Gasteiger partial charge in [-0.2, -0.15) is 0 Å². The molecule has 0 saturated carbocycles. The van der Waals surface area contributed by atoms with Crippen LogP contribution in [0, 0.1) is 0 Å². The van der Waals surface area contributed by atoms with E-state index in [4.69, 9.17) is 14.6 Å². The van der Waals surface area contributed by atoms with E-state index in [1.807, 2.05) is 0 Å². The fourth-order valence-corrected chi connectivity index (χ4v) is 2.99. The normalized spacial score (nSPS) is 12.3. The number of carbonyl (C=O) groups is 3. The maximum atomic E-state index is 12.7. The molecule has 2 amide bonds. The van der Waals surface area contributed by atoms with E-state index >= 15 is 0 Å². The van der Waals surface area contributed by atoms with Crippen molar-refractivity contribution in [1.29, 1.82) is 0 Å². The van der Waals surface area contributed by atoms with Crippen LogP contribution in [0.1, 0.15) is 41.6 Å². The molecule has 0 spiro atoms. The fraction of sp³-hybridized carbons (Fsp3) is 0.261. The van der Waals surface area contributed by atoms with E-state index in [0.717, 1.165) is 0 Å². The van der Waals surface area contributed by atoms with Gasteiger partial charge in [0.15, 0.2) is 11.5 Å². The predicted molar refractivity (Wildman–Crippen MR) is 114 cm³/mol. The zero-order valence-corrected chi connectivity index (χ0v) is 16.9. The summed E-state index contributed by atoms with van der Waals surface area (Å²) in [5, 5.41) is 14.1. The molecule has 2 aromatic carbocycles. The first kappa shape index (κ1) is 21.9. The molecule has 8 heteroatoms. The van der Waals surface area contributed by atoms with Crippen LogP contribution in [0.25, 0.3) is 6.08 Å². The van der Waals surface area contributed by atoms with Crippen molar-refractivity contribution in [3.63, 3.8) is 0 Å². The highest BCUT2D eigenvalue weighted by molar-refractivity contribution is 6.05. The zero-order chi connectivity index (χ0) is 22.1. The average Bonchev–Trinajstić information content (AvgIpc) is 3.23. The first-order valence-corrected chi connectivity index (χ1v) is 10.0. The Morgan fingerprint density at radius 2 is 1.74 bits per heavy atom. The van der Waals surface area contributed by atoms with Gasteiger partial charge >= 0.3 is 5.97 Å². The first-order chi connectivity index (χ1) is 15.0. The van der Waals surface area contributed by atoms with Gasteiger partial charge in [-0.05, 0) is 48.7 Å². The lowest BCUT2D eigenvalue weighted by molar-refractivity contribution is -0.137. The number of fused-ring (bicyclic) bond motifs is 1. The third-order valence-electron chi connectivity index (χ3n) is 4.59. The second kappa shape index (κ2) is 10.8. The van der Waals surface area contributed by atoms with Crippen LogP contribution in [0.3, 0.4) is 0 Å². The van der Waals surface area contributed by atoms with Gasteiger partial charge in [-0.25, -0.2) is 0 Å². The third-order valence-corrected chi connectivity index (χ3v) is 4.59. The predicted octanol–water partition coefficient (Wildman–Crippen LogP) is 2.95. The number of nitrogens with one attached hydrogen (secondary N) is 2. The van der Waals surface area contributed by atoms with Crippen molar-refractivity contribution in [1.82, 2.24) is 10.6 Å². The number of benzene rings is 2. The average molecular weight is 424 g/mol. The lowest BCUT2D eigenvalue weighted by Gasteiger charge is -2.11. The summed E-state index contributed by atoms with van der Waals surface area (Å²) in [5.41, 5.74) is 1.20. The minimum Gasteiger partial charge on any atom is -0.481 e. The molecule has 1 aliphatic rings. The number of carbonyl (C=O) groups excluding carboxylic acids is 2. The van der Waals surface area contributed by atoms with Crippen molar-refractivity contribution >= 4 is 23.9 Å². The molecule has 0 radical (unpaired) electrons. The van der Waals surface area contributed by atoms with Crippen LogP contribution >= 0.6 is 0 Å². The number of carboxylic acids is 1. The summed E-state index contributed by atoms with van der Waals surface area (Å²) in [6.45, 7) is 0.514. The Morgan fingerprint density at radius 3 is 2.52 bits per heavy atom. The van der Waals surface area contributed by atoms with Crippen LogP contribution < -0.4 is 20.1 Å². The maximum absolute atomic E-state index is 12.7. The molecule has 0 saturated heterocycles. The largest absolute Gasteiger partial charge is 0.481 e. The van der Waals surface area contributed by atoms with E-state index in [0.29, 0.717) is 48.4 Å². The molecule has 31 heavy (non-hydrogen) atoms. The second-order valence-electron chi connectivity index (χ2n) is 6.95. The lowest BCUT2D eigenvalue weighted by atomic mass is 10.1. The molecular formula is C23H24N2O6. The summed E-state index contributed by atoms with van der Waals surface area (Å²) in [6.07, 6.45) is 3.56. The van der Waals surface area contributed by atoms with Crippen molar-refractivity contribution in [3.05, 3.63) is 65.4 Å². The molecule has 2 aromatic rings. The summed E-state index contributed by atoms with van der Waals surface area (Å²) in [4.78, 5) is 35.9. The fourth-order valence-electron chi connectivity index (χ4n) is 2.99. The smallest absolute Gasteiger partial charge is 0.303 e. The van der Waals surface area contributed by atoms with Crippen LogP contribution in [0.2, 0.25) is 0 Å². The minimum absolute atomic E-state index is 0.0956. The SMILES string of the molecule is O=C(O)CCCCCNC(=O)/C(=C\c1ccc2c(c1)OCO2)NC(=O)c1ccccc1. The molecule has 0 fully saturated rings. The lowest BCUT2D eigenvalue weighted by Crippen LogP contribution is -2.35. The van der Waals surface area contributed by atoms with E-state index < -0.39 is 17.8 Å². The molecule has 0 bridgehead atoms. The van der Waals surface area contributed by atoms with Crippen molar-refractivity contribution in [2.45, 2.75) is 25.7 Å². The first-order valence-electron chi connectivity index (χ1n) is 10.0. The number of aliphatic carboxylic acids is 1. The van der Waals surface area contributed by atoms with E-state index in [1.165, 1.54) is 0 Å². The van der Waals surface area contributed by atoms with Crippen molar-refractivity contribution in [2.75, 3.05) is 13.3 Å². The van der Waals surface area contributed by atoms with E-state index in [9.17, 15) is 14.4 Å². The van der Waals surface area contributed by atoms with Crippen LogP contribution in [-0.2, 0) is 9.59 Å². The number of unbranched alkanes of at least 4 members (excludes halogenated alkanes) is 2. The van der Waals surface area contributed by atoms with Crippen LogP contribution in [0.4, 0.5) is 0 Å². The standard InChI is InChI=1S/C23H24N2O6/c26-21(27)9-5-2-6-12-24-23(29)18(25-22(28)17-7-3-1-4-8-17)13-16-10-11-19-20(14-16)31-15-30-19/h1,3-4,7-8,10-11,13-14H,2,5-6,9,12,15H2,(H,24,29)(H,25,28)(H,26,27)/b18-13+. The Bertz CT molecular complexity index is 971. The highest BCUT2D eigenvalue weighted by Gasteiger charge is 2.16. The quantitative estimate of drug-likeness (QED) is 0.399. The molecule has 0 aromatic heterocycles. The molecule has 1 aliphatic heterocycles. The van der Waals surface area contributed by atoms with Gasteiger partial charge in [0.2, 0.25) is 6.79 Å². The molecule has 3 rings (SSSR count). The number of ether oxygens (including phenoxy) is 2. The van der Waals surface area contributed by atoms with Gasteiger partial charge in [0.1, 0.15) is 5.70 Å². The number of carboxylic acid groups (broad SMARTS) is 1. The van der Waals surface area contributed by atoms with Crippen molar-refractivity contribution in [2.24, 2.45) is 0 Å². The molecule has 0 aliphatic carbocycles. The monoisotopic (exact) mass is 424 g/mol. The van der Waals surface area contributed by atoms with Gasteiger partial charge in [0, 0.05) is 18.5 Å². The number of rotatable bonds is 10. The summed E-state index contributed by atoms with van der Waals surface area (Å²) < 4.78 is 10.7. The van der Waals surface area contributed by atoms with Crippen LogP contribution in [0.15, 0.2) is 54.2 Å². The van der Waals surface area contributed by atoms with Gasteiger partial charge in [-0.3, -0.25) is 14.4 Å². The van der Waals surface area contributed by atoms with Gasteiger partial charge in [0.05, 0.1) is 0 Å². The molecule has 3 N–H and O–H groups in total. The minimum atomic E-state index is -0.832. The van der Waals surface area contributed by atoms with Gasteiger partial charge in [0.25, 0.3) is 11.8 Å². The summed E-state index contributed by atoms with van der Waals surface area (Å²) in [5.74, 6) is -0.467. The van der Waals surface area contributed by atoms with Gasteiger partial charge < -0.3 is 25.2 Å². The molecular weight excluding hydrogens is 400 g/mol. The summed E-state index contributed by atoms with van der Waals surface area (Å²) in [7, 11) is 0. The molecule has 0 unspecified atom stereocenters. The van der Waals surface area contributed by atoms with E-state index in [-0.39, 0.29) is 18.9 Å². The Balaban J connectivity index is 1.68. The summed E-state index contributed by atoms with van der Waals surface area (Å²) >= 11 is 0. The van der Waals surface area contributed by atoms with Crippen LogP contribution in [-0.4, -0.2) is 36.2 Å². The highest BCUT2D eigenvalue weighted by atomic mass is 16.7. The molecule has 1 heterocycles. The van der Waals surface area contributed by atoms with Crippen molar-refractivity contribution < 1.29 is 29.0 Å². The number of hydrogen-bond donors (Lipinski definition) is 3. The van der Waals surface area contributed by atoms with Gasteiger partial charge in [-0.1, -0.05) is 30.7 Å². The maximum Gasteiger partial charge on any atom is 0.303 e. The Hall–Kier alpha value is -3.81. The Morgan fingerprint density at radius 1 is 0.968 bits per heavy atom. The summed E-state index contributed by atoms with van der Waals surface area (Å²) in [6, 6.07) is 13.8. The number of hydrogen-bond acceptors (Lipinski definition) is 5. The Kier molecular flexibility index (Phi) is 7.64. The zero-order valence-electron chi connectivity index (χ0n) is 16.9. The highest BCUT2D eigenvalue weighted by Crippen LogP contribution is 2.33. The van der Waals surface area contributed by atoms with E-state index in [1.54, 1.807) is 54.6 Å². The topological polar surface area (TPSA) is 114 Å². The second-order valence-corrected chi connectivity index (χ2v) is 6.95.